The summed E-state index contributed by atoms with van der Waals surface area (Å²) >= 11 is 0. The van der Waals surface area contributed by atoms with Crippen LogP contribution < -0.4 is 0 Å². The molecular weight excluding hydrogens is 683 g/mol. The van der Waals surface area contributed by atoms with Gasteiger partial charge in [-0.2, -0.15) is 0 Å². The Morgan fingerprint density at radius 3 is 0.976 bits per heavy atom. The quantitative estimate of drug-likeness (QED) is 0.0468. The molecule has 0 radical (unpaired) electrons. The molecule has 0 fully saturated rings. The number of phosphoric ester groups is 5. The molecule has 0 saturated heterocycles. The molecule has 0 aliphatic rings. The highest BCUT2D eigenvalue weighted by Gasteiger charge is 2.28. The van der Waals surface area contributed by atoms with E-state index in [4.69, 9.17) is 14.9 Å². The molecule has 0 heterocycles. The minimum absolute atomic E-state index is 0.257. The molecule has 0 aliphatic heterocycles. The van der Waals surface area contributed by atoms with Crippen LogP contribution in [0.4, 0.5) is 0 Å². The van der Waals surface area contributed by atoms with E-state index in [-0.39, 0.29) is 25.6 Å². The fraction of sp³-hybridized carbons (Fsp3) is 1.00. The lowest BCUT2D eigenvalue weighted by Crippen LogP contribution is -2.15. The highest BCUT2D eigenvalue weighted by Crippen LogP contribution is 2.48. The Kier molecular flexibility index (Phi) is 20.8. The van der Waals surface area contributed by atoms with Gasteiger partial charge < -0.3 is 34.5 Å². The third-order valence-electron chi connectivity index (χ3n) is 4.61. The molecule has 0 saturated carbocycles. The van der Waals surface area contributed by atoms with Crippen LogP contribution in [0.25, 0.3) is 0 Å². The summed E-state index contributed by atoms with van der Waals surface area (Å²) in [5.74, 6) is -1.04. The Hall–Kier alpha value is 0.510. The minimum atomic E-state index is -4.76. The SMILES string of the molecule is CCC(CO)COP(=O)(O)OCCOP(=O)(O)OCCOP(=O)(O)OCCOP(=O)(O)OCC(CC)COP(=O)(O)O. The van der Waals surface area contributed by atoms with Gasteiger partial charge in [-0.3, -0.25) is 40.7 Å². The van der Waals surface area contributed by atoms with Gasteiger partial charge in [0.2, 0.25) is 0 Å². The van der Waals surface area contributed by atoms with Gasteiger partial charge >= 0.3 is 39.1 Å². The Morgan fingerprint density at radius 2 is 0.714 bits per heavy atom. The van der Waals surface area contributed by atoms with Crippen molar-refractivity contribution in [2.24, 2.45) is 11.8 Å². The van der Waals surface area contributed by atoms with Crippen LogP contribution in [0.3, 0.4) is 0 Å². The summed E-state index contributed by atoms with van der Waals surface area (Å²) in [6, 6.07) is 0. The standard InChI is InChI=1S/C16H39O21P5/c1-3-15(11-17)12-36-41(25,26)33-9-7-31-39(21,22)29-5-6-30-40(23,24)32-8-10-34-42(27,28)37-14-16(4-2)13-35-38(18,19)20/h15-17H,3-14H2,1-2H3,(H,21,22)(H,23,24)(H,25,26)(H,27,28)(H2,18,19,20). The van der Waals surface area contributed by atoms with Crippen molar-refractivity contribution in [3.8, 4) is 0 Å². The summed E-state index contributed by atoms with van der Waals surface area (Å²) in [6.45, 7) is -2.38. The molecule has 6 atom stereocenters. The molecule has 0 aromatic carbocycles. The number of aliphatic hydroxyl groups excluding tert-OH is 1. The van der Waals surface area contributed by atoms with Crippen LogP contribution in [0.15, 0.2) is 0 Å². The second kappa shape index (κ2) is 20.6. The smallest absolute Gasteiger partial charge is 0.396 e. The summed E-state index contributed by atoms with van der Waals surface area (Å²) in [4.78, 5) is 55.6. The number of rotatable bonds is 27. The zero-order valence-electron chi connectivity index (χ0n) is 22.7. The minimum Gasteiger partial charge on any atom is -0.396 e. The Bertz CT molecular complexity index is 984. The zero-order valence-corrected chi connectivity index (χ0v) is 27.2. The molecule has 0 amide bonds. The van der Waals surface area contributed by atoms with Crippen molar-refractivity contribution in [3.63, 3.8) is 0 Å². The van der Waals surface area contributed by atoms with Crippen LogP contribution in [-0.2, 0) is 63.5 Å². The highest BCUT2D eigenvalue weighted by atomic mass is 31.2. The van der Waals surface area contributed by atoms with E-state index in [0.29, 0.717) is 6.42 Å². The summed E-state index contributed by atoms with van der Waals surface area (Å²) in [7, 11) is -23.4. The zero-order chi connectivity index (χ0) is 32.5. The van der Waals surface area contributed by atoms with Crippen LogP contribution in [0.5, 0.6) is 0 Å². The van der Waals surface area contributed by atoms with Gasteiger partial charge in [-0.1, -0.05) is 13.8 Å². The van der Waals surface area contributed by atoms with Gasteiger partial charge in [0.05, 0.1) is 59.5 Å². The number of aliphatic hydroxyl groups is 1. The molecule has 0 aliphatic carbocycles. The molecule has 0 aromatic heterocycles. The van der Waals surface area contributed by atoms with E-state index < -0.39 is 97.9 Å². The Morgan fingerprint density at radius 1 is 0.452 bits per heavy atom. The first-order chi connectivity index (χ1) is 19.3. The fourth-order valence-electron chi connectivity index (χ4n) is 2.25. The van der Waals surface area contributed by atoms with E-state index in [9.17, 15) is 42.4 Å². The van der Waals surface area contributed by atoms with Crippen LogP contribution in [0, 0.1) is 11.8 Å². The van der Waals surface area contributed by atoms with Crippen molar-refractivity contribution < 1.29 is 98.0 Å². The van der Waals surface area contributed by atoms with Crippen molar-refractivity contribution in [2.75, 3.05) is 66.1 Å². The van der Waals surface area contributed by atoms with E-state index in [1.165, 1.54) is 0 Å². The third-order valence-corrected chi connectivity index (χ3v) is 9.10. The van der Waals surface area contributed by atoms with Gasteiger partial charge in [-0.25, -0.2) is 22.8 Å². The molecule has 7 N–H and O–H groups in total. The van der Waals surface area contributed by atoms with E-state index in [2.05, 4.69) is 40.7 Å². The lowest BCUT2D eigenvalue weighted by atomic mass is 10.1. The predicted octanol–water partition coefficient (Wildman–Crippen LogP) is 1.67. The fourth-order valence-corrected chi connectivity index (χ4v) is 5.58. The van der Waals surface area contributed by atoms with E-state index in [0.717, 1.165) is 0 Å². The molecule has 26 heteroatoms. The second-order valence-corrected chi connectivity index (χ2v) is 15.0. The highest BCUT2D eigenvalue weighted by molar-refractivity contribution is 7.48. The average molecular weight is 722 g/mol. The van der Waals surface area contributed by atoms with Gasteiger partial charge in [0.25, 0.3) is 0 Å². The second-order valence-electron chi connectivity index (χ2n) is 7.98. The summed E-state index contributed by atoms with van der Waals surface area (Å²) in [6.07, 6.45) is 0.757. The Labute approximate surface area is 242 Å². The van der Waals surface area contributed by atoms with Crippen molar-refractivity contribution in [1.29, 1.82) is 0 Å². The largest absolute Gasteiger partial charge is 0.472 e. The molecule has 0 bridgehead atoms. The normalized spacial score (nSPS) is 19.7. The molecule has 0 rings (SSSR count). The maximum Gasteiger partial charge on any atom is 0.472 e. The molecular formula is C16H39O21P5. The van der Waals surface area contributed by atoms with Crippen molar-refractivity contribution in [2.45, 2.75) is 26.7 Å². The molecule has 254 valence electrons. The summed E-state index contributed by atoms with van der Waals surface area (Å²) < 4.78 is 98.6. The molecule has 6 unspecified atom stereocenters. The summed E-state index contributed by atoms with van der Waals surface area (Å²) in [5, 5.41) is 9.03. The van der Waals surface area contributed by atoms with E-state index >= 15 is 0 Å². The number of hydrogen-bond donors (Lipinski definition) is 7. The van der Waals surface area contributed by atoms with Crippen LogP contribution in [-0.4, -0.2) is 101 Å². The molecule has 0 spiro atoms. The first-order valence-electron chi connectivity index (χ1n) is 12.0. The number of hydrogen-bond acceptors (Lipinski definition) is 15. The summed E-state index contributed by atoms with van der Waals surface area (Å²) in [5.41, 5.74) is 0. The first-order valence-corrected chi connectivity index (χ1v) is 19.5. The van der Waals surface area contributed by atoms with Crippen molar-refractivity contribution >= 4 is 39.1 Å². The van der Waals surface area contributed by atoms with Crippen LogP contribution in [0.2, 0.25) is 0 Å². The van der Waals surface area contributed by atoms with Gasteiger partial charge in [0.15, 0.2) is 0 Å². The van der Waals surface area contributed by atoms with Gasteiger partial charge in [0, 0.05) is 18.4 Å². The van der Waals surface area contributed by atoms with E-state index in [1.54, 1.807) is 13.8 Å². The Balaban J connectivity index is 4.21. The molecule has 0 aromatic rings. The number of phosphoric acid groups is 5. The topological polar surface area (TPSA) is 310 Å². The van der Waals surface area contributed by atoms with Gasteiger partial charge in [0.1, 0.15) is 0 Å². The lowest BCUT2D eigenvalue weighted by Gasteiger charge is -2.18. The monoisotopic (exact) mass is 722 g/mol. The van der Waals surface area contributed by atoms with Gasteiger partial charge in [-0.15, -0.1) is 0 Å². The predicted molar refractivity (Wildman–Crippen MR) is 140 cm³/mol. The van der Waals surface area contributed by atoms with Gasteiger partial charge in [-0.05, 0) is 12.8 Å². The van der Waals surface area contributed by atoms with Crippen molar-refractivity contribution in [3.05, 3.63) is 0 Å². The maximum atomic E-state index is 11.9. The van der Waals surface area contributed by atoms with E-state index in [1.807, 2.05) is 0 Å². The average Bonchev–Trinajstić information content (AvgIpc) is 2.87. The first kappa shape index (κ1) is 42.5. The van der Waals surface area contributed by atoms with Crippen LogP contribution >= 0.6 is 39.1 Å². The lowest BCUT2D eigenvalue weighted by molar-refractivity contribution is 0.0726. The maximum absolute atomic E-state index is 11.9. The molecule has 21 nitrogen and oxygen atoms in total. The third kappa shape index (κ3) is 23.8. The van der Waals surface area contributed by atoms with Crippen molar-refractivity contribution in [1.82, 2.24) is 0 Å². The van der Waals surface area contributed by atoms with Crippen LogP contribution in [0.1, 0.15) is 26.7 Å². The molecule has 42 heavy (non-hydrogen) atoms.